The summed E-state index contributed by atoms with van der Waals surface area (Å²) in [5.74, 6) is 0. The van der Waals surface area contributed by atoms with Crippen molar-refractivity contribution in [2.75, 3.05) is 12.4 Å². The lowest BCUT2D eigenvalue weighted by Gasteiger charge is -1.97. The maximum atomic E-state index is 3.05. The van der Waals surface area contributed by atoms with Gasteiger partial charge in [0.05, 0.1) is 0 Å². The van der Waals surface area contributed by atoms with Crippen LogP contribution in [0.2, 0.25) is 0 Å². The van der Waals surface area contributed by atoms with Gasteiger partial charge < -0.3 is 5.32 Å². The van der Waals surface area contributed by atoms with Gasteiger partial charge in [-0.2, -0.15) is 0 Å². The molecule has 0 aliphatic carbocycles. The fourth-order valence-electron chi connectivity index (χ4n) is 0.720. The third-order valence-electron chi connectivity index (χ3n) is 1.34. The molecule has 0 aliphatic rings. The van der Waals surface area contributed by atoms with Gasteiger partial charge in [-0.25, -0.2) is 0 Å². The molecule has 0 aromatic heterocycles. The zero-order valence-electron chi connectivity index (χ0n) is 11.8. The molecule has 1 aromatic rings. The first-order valence-electron chi connectivity index (χ1n) is 6.07. The highest BCUT2D eigenvalue weighted by Gasteiger charge is 1.83. The first-order valence-corrected chi connectivity index (χ1v) is 6.07. The molecule has 0 saturated carbocycles. The molecule has 0 bridgehead atoms. The molecule has 0 aliphatic heterocycles. The maximum Gasteiger partial charge on any atom is 0.0337 e. The summed E-state index contributed by atoms with van der Waals surface area (Å²) in [5, 5.41) is 3.05. The van der Waals surface area contributed by atoms with Crippen LogP contribution < -0.4 is 5.32 Å². The van der Waals surface area contributed by atoms with Gasteiger partial charge in [0, 0.05) is 12.7 Å². The highest BCUT2D eigenvalue weighted by molar-refractivity contribution is 5.43. The molecule has 1 aromatic carbocycles. The van der Waals surface area contributed by atoms with Crippen molar-refractivity contribution in [1.29, 1.82) is 0 Å². The highest BCUT2D eigenvalue weighted by atomic mass is 14.8. The van der Waals surface area contributed by atoms with Gasteiger partial charge in [-0.15, -0.1) is 0 Å². The predicted molar refractivity (Wildman–Crippen MR) is 74.8 cm³/mol. The number of hydrogen-bond acceptors (Lipinski definition) is 1. The zero-order chi connectivity index (χ0) is 12.7. The topological polar surface area (TPSA) is 12.0 Å². The number of aryl methyl sites for hydroxylation is 1. The lowest BCUT2D eigenvalue weighted by Crippen LogP contribution is -1.85. The Balaban J connectivity index is -0.000000208. The normalized spacial score (nSPS) is 6.67. The van der Waals surface area contributed by atoms with Gasteiger partial charge in [0.15, 0.2) is 0 Å². The molecule has 1 nitrogen and oxygen atoms in total. The van der Waals surface area contributed by atoms with E-state index in [0.717, 1.165) is 0 Å². The zero-order valence-corrected chi connectivity index (χ0v) is 11.8. The van der Waals surface area contributed by atoms with Gasteiger partial charge in [-0.1, -0.05) is 59.2 Å². The van der Waals surface area contributed by atoms with E-state index >= 15 is 0 Å². The molecule has 0 heterocycles. The number of hydrogen-bond donors (Lipinski definition) is 1. The fourth-order valence-corrected chi connectivity index (χ4v) is 0.720. The van der Waals surface area contributed by atoms with Crippen LogP contribution in [0.25, 0.3) is 0 Å². The summed E-state index contributed by atoms with van der Waals surface area (Å²) in [6, 6.07) is 8.31. The van der Waals surface area contributed by atoms with E-state index in [1.807, 2.05) is 48.6 Å². The van der Waals surface area contributed by atoms with Gasteiger partial charge in [0.25, 0.3) is 0 Å². The van der Waals surface area contributed by atoms with E-state index in [1.165, 1.54) is 11.3 Å². The van der Waals surface area contributed by atoms with Crippen LogP contribution in [0.1, 0.15) is 47.1 Å². The van der Waals surface area contributed by atoms with Crippen LogP contribution >= 0.6 is 0 Å². The number of nitrogens with one attached hydrogen (secondary N) is 1. The Morgan fingerprint density at radius 3 is 1.33 bits per heavy atom. The second-order valence-corrected chi connectivity index (χ2v) is 2.12. The van der Waals surface area contributed by atoms with Gasteiger partial charge in [-0.3, -0.25) is 0 Å². The third-order valence-corrected chi connectivity index (χ3v) is 1.34. The first kappa shape index (κ1) is 19.6. The van der Waals surface area contributed by atoms with Crippen LogP contribution in [0, 0.1) is 6.92 Å². The van der Waals surface area contributed by atoms with Gasteiger partial charge in [0.1, 0.15) is 0 Å². The highest BCUT2D eigenvalue weighted by Crippen LogP contribution is 2.06. The van der Waals surface area contributed by atoms with Crippen LogP contribution in [0.5, 0.6) is 0 Å². The SMILES string of the molecule is CC.CC.CC.CNc1ccc(C)cc1. The van der Waals surface area contributed by atoms with E-state index in [0.29, 0.717) is 0 Å². The van der Waals surface area contributed by atoms with Crippen LogP contribution in [0.15, 0.2) is 24.3 Å². The van der Waals surface area contributed by atoms with E-state index in [-0.39, 0.29) is 0 Å². The minimum absolute atomic E-state index is 1.17. The van der Waals surface area contributed by atoms with Crippen LogP contribution in [0.4, 0.5) is 5.69 Å². The Labute approximate surface area is 96.9 Å². The molecule has 90 valence electrons. The summed E-state index contributed by atoms with van der Waals surface area (Å²) in [4.78, 5) is 0. The summed E-state index contributed by atoms with van der Waals surface area (Å²) in [6.45, 7) is 14.1. The van der Waals surface area contributed by atoms with E-state index in [1.54, 1.807) is 0 Å². The second kappa shape index (κ2) is 18.7. The van der Waals surface area contributed by atoms with Crippen LogP contribution in [0.3, 0.4) is 0 Å². The molecule has 15 heavy (non-hydrogen) atoms. The van der Waals surface area contributed by atoms with E-state index < -0.39 is 0 Å². The van der Waals surface area contributed by atoms with E-state index in [4.69, 9.17) is 0 Å². The van der Waals surface area contributed by atoms with Crippen LogP contribution in [-0.2, 0) is 0 Å². The van der Waals surface area contributed by atoms with Crippen LogP contribution in [-0.4, -0.2) is 7.05 Å². The smallest absolute Gasteiger partial charge is 0.0337 e. The van der Waals surface area contributed by atoms with E-state index in [9.17, 15) is 0 Å². The lowest BCUT2D eigenvalue weighted by atomic mass is 10.2. The van der Waals surface area contributed by atoms with Crippen molar-refractivity contribution < 1.29 is 0 Å². The molecule has 0 unspecified atom stereocenters. The fraction of sp³-hybridized carbons (Fsp3) is 0.571. The molecule has 0 radical (unpaired) electrons. The maximum absolute atomic E-state index is 3.05. The summed E-state index contributed by atoms with van der Waals surface area (Å²) in [5.41, 5.74) is 2.47. The minimum atomic E-state index is 1.17. The summed E-state index contributed by atoms with van der Waals surface area (Å²) < 4.78 is 0. The average Bonchev–Trinajstić information content (AvgIpc) is 2.38. The number of rotatable bonds is 1. The second-order valence-electron chi connectivity index (χ2n) is 2.12. The number of benzene rings is 1. The predicted octanol–water partition coefficient (Wildman–Crippen LogP) is 5.12. The molecule has 0 atom stereocenters. The average molecular weight is 211 g/mol. The Morgan fingerprint density at radius 2 is 1.07 bits per heavy atom. The minimum Gasteiger partial charge on any atom is -0.388 e. The monoisotopic (exact) mass is 211 g/mol. The quantitative estimate of drug-likeness (QED) is 0.680. The molecular formula is C14H29N. The molecule has 0 fully saturated rings. The van der Waals surface area contributed by atoms with Crippen molar-refractivity contribution >= 4 is 5.69 Å². The van der Waals surface area contributed by atoms with Crippen molar-refractivity contribution in [3.63, 3.8) is 0 Å². The Bertz CT molecular complexity index is 177. The standard InChI is InChI=1S/C8H11N.3C2H6/c1-7-3-5-8(9-2)6-4-7;3*1-2/h3-6,9H,1-2H3;3*1-2H3. The summed E-state index contributed by atoms with van der Waals surface area (Å²) >= 11 is 0. The van der Waals surface area contributed by atoms with Gasteiger partial charge >= 0.3 is 0 Å². The molecule has 0 spiro atoms. The number of anilines is 1. The van der Waals surface area contributed by atoms with Crippen molar-refractivity contribution in [3.8, 4) is 0 Å². The van der Waals surface area contributed by atoms with Gasteiger partial charge in [-0.05, 0) is 19.1 Å². The molecule has 0 amide bonds. The summed E-state index contributed by atoms with van der Waals surface area (Å²) in [7, 11) is 1.92. The van der Waals surface area contributed by atoms with Crippen molar-refractivity contribution in [2.45, 2.75) is 48.5 Å². The Morgan fingerprint density at radius 1 is 0.733 bits per heavy atom. The lowest BCUT2D eigenvalue weighted by molar-refractivity contribution is 1.44. The van der Waals surface area contributed by atoms with Gasteiger partial charge in [0.2, 0.25) is 0 Å². The third kappa shape index (κ3) is 13.0. The molecule has 1 heteroatoms. The van der Waals surface area contributed by atoms with E-state index in [2.05, 4.69) is 36.5 Å². The molecular weight excluding hydrogens is 182 g/mol. The summed E-state index contributed by atoms with van der Waals surface area (Å²) in [6.07, 6.45) is 0. The molecule has 0 saturated heterocycles. The largest absolute Gasteiger partial charge is 0.388 e. The van der Waals surface area contributed by atoms with Crippen molar-refractivity contribution in [2.24, 2.45) is 0 Å². The molecule has 1 N–H and O–H groups in total. The van der Waals surface area contributed by atoms with Crippen molar-refractivity contribution in [3.05, 3.63) is 29.8 Å². The Kier molecular flexibility index (Phi) is 24.4. The molecule has 1 rings (SSSR count). The first-order chi connectivity index (χ1) is 7.33. The van der Waals surface area contributed by atoms with Crippen molar-refractivity contribution in [1.82, 2.24) is 0 Å². The Hall–Kier alpha value is -0.980.